The van der Waals surface area contributed by atoms with E-state index in [0.29, 0.717) is 21.7 Å². The largest absolute Gasteiger partial charge is 0.497 e. The maximum atomic E-state index is 13.4. The van der Waals surface area contributed by atoms with Gasteiger partial charge in [-0.25, -0.2) is 4.68 Å². The van der Waals surface area contributed by atoms with Gasteiger partial charge >= 0.3 is 0 Å². The normalized spacial score (nSPS) is 17.0. The average Bonchev–Trinajstić information content (AvgIpc) is 3.28. The molecule has 7 nitrogen and oxygen atoms in total. The van der Waals surface area contributed by atoms with Crippen molar-refractivity contribution in [2.75, 3.05) is 17.9 Å². The van der Waals surface area contributed by atoms with Crippen LogP contribution in [0.1, 0.15) is 11.6 Å². The molecule has 0 saturated carbocycles. The third-order valence-electron chi connectivity index (χ3n) is 5.31. The third-order valence-corrected chi connectivity index (χ3v) is 6.78. The van der Waals surface area contributed by atoms with E-state index in [1.165, 1.54) is 11.8 Å². The molecule has 2 atom stereocenters. The van der Waals surface area contributed by atoms with Crippen LogP contribution in [0.3, 0.4) is 0 Å². The summed E-state index contributed by atoms with van der Waals surface area (Å²) in [5.41, 5.74) is 6.02. The number of hydrogen-bond acceptors (Lipinski definition) is 6. The van der Waals surface area contributed by atoms with E-state index in [4.69, 9.17) is 16.3 Å². The Balaban J connectivity index is 1.50. The van der Waals surface area contributed by atoms with Crippen LogP contribution in [-0.2, 0) is 4.79 Å². The molecule has 3 aromatic carbocycles. The van der Waals surface area contributed by atoms with E-state index in [1.54, 1.807) is 31.4 Å². The molecule has 0 fully saturated rings. The van der Waals surface area contributed by atoms with Crippen LogP contribution >= 0.6 is 23.4 Å². The van der Waals surface area contributed by atoms with Gasteiger partial charge in [0.2, 0.25) is 11.1 Å². The lowest BCUT2D eigenvalue weighted by molar-refractivity contribution is -0.116. The molecule has 0 bridgehead atoms. The highest BCUT2D eigenvalue weighted by Gasteiger charge is 2.38. The van der Waals surface area contributed by atoms with Crippen LogP contribution in [0.4, 0.5) is 5.69 Å². The Morgan fingerprint density at radius 3 is 2.45 bits per heavy atom. The van der Waals surface area contributed by atoms with Gasteiger partial charge in [0.15, 0.2) is 5.82 Å². The second kappa shape index (κ2) is 9.17. The fraction of sp³-hybridized carbons (Fsp3) is 0.125. The zero-order chi connectivity index (χ0) is 22.8. The number of fused-ring (bicyclic) bond motifs is 1. The number of ether oxygens (including phenoxy) is 1. The average molecular weight is 478 g/mol. The minimum atomic E-state index is -0.491. The number of carbonyl (C=O) groups excluding carboxylic acids is 1. The van der Waals surface area contributed by atoms with Crippen LogP contribution in [0.15, 0.2) is 84.0 Å². The van der Waals surface area contributed by atoms with Gasteiger partial charge in [-0.2, -0.15) is 0 Å². The number of carbonyl (C=O) groups is 1. The zero-order valence-corrected chi connectivity index (χ0v) is 19.2. The number of amides is 1. The summed E-state index contributed by atoms with van der Waals surface area (Å²) < 4.78 is 7.15. The number of nitrogens with one attached hydrogen (secondary N) is 2. The van der Waals surface area contributed by atoms with E-state index in [-0.39, 0.29) is 11.9 Å². The van der Waals surface area contributed by atoms with Gasteiger partial charge in [0.25, 0.3) is 0 Å². The van der Waals surface area contributed by atoms with Gasteiger partial charge in [-0.1, -0.05) is 65.8 Å². The summed E-state index contributed by atoms with van der Waals surface area (Å²) in [6.45, 7) is 0. The van der Waals surface area contributed by atoms with Gasteiger partial charge in [0, 0.05) is 16.3 Å². The molecule has 166 valence electrons. The SMILES string of the molecule is COc1ccc([C@H]2Nn3c(nnc3-c3ccccc3)S[C@H]2C(=O)Nc2ccc(Cl)cc2)cc1. The number of thioether (sulfide) groups is 1. The van der Waals surface area contributed by atoms with E-state index < -0.39 is 5.25 Å². The minimum absolute atomic E-state index is 0.147. The molecule has 2 heterocycles. The Hall–Kier alpha value is -3.49. The number of nitrogens with zero attached hydrogens (tertiary/aromatic N) is 3. The Labute approximate surface area is 200 Å². The van der Waals surface area contributed by atoms with Crippen molar-refractivity contribution in [2.45, 2.75) is 16.4 Å². The van der Waals surface area contributed by atoms with E-state index >= 15 is 0 Å². The highest BCUT2D eigenvalue weighted by molar-refractivity contribution is 8.00. The first kappa shape index (κ1) is 21.4. The summed E-state index contributed by atoms with van der Waals surface area (Å²) in [6.07, 6.45) is 0. The van der Waals surface area contributed by atoms with E-state index in [0.717, 1.165) is 16.9 Å². The fourth-order valence-corrected chi connectivity index (χ4v) is 4.84. The van der Waals surface area contributed by atoms with E-state index in [1.807, 2.05) is 59.3 Å². The number of halogens is 1. The predicted molar refractivity (Wildman–Crippen MR) is 130 cm³/mol. The standard InChI is InChI=1S/C24H20ClN5O2S/c1-32-19-13-7-15(8-14-19)20-21(23(31)26-18-11-9-17(25)10-12-18)33-24-28-27-22(30(24)29-20)16-5-3-2-4-6-16/h2-14,20-21,29H,1H3,(H,26,31)/t20-,21-/m1/s1. The van der Waals surface area contributed by atoms with Crippen LogP contribution in [0.25, 0.3) is 11.4 Å². The fourth-order valence-electron chi connectivity index (χ4n) is 3.64. The summed E-state index contributed by atoms with van der Waals surface area (Å²) in [4.78, 5) is 13.4. The lowest BCUT2D eigenvalue weighted by Crippen LogP contribution is -2.41. The molecule has 1 aliphatic heterocycles. The van der Waals surface area contributed by atoms with E-state index in [9.17, 15) is 4.79 Å². The molecule has 1 aromatic heterocycles. The number of rotatable bonds is 5. The molecule has 33 heavy (non-hydrogen) atoms. The zero-order valence-electron chi connectivity index (χ0n) is 17.6. The molecule has 4 aromatic rings. The molecule has 0 spiro atoms. The lowest BCUT2D eigenvalue weighted by Gasteiger charge is -2.33. The van der Waals surface area contributed by atoms with Crippen LogP contribution in [0.2, 0.25) is 5.02 Å². The van der Waals surface area contributed by atoms with Gasteiger partial charge in [-0.05, 0) is 42.0 Å². The molecule has 1 amide bonds. The second-order valence-corrected chi connectivity index (χ2v) is 8.97. The second-order valence-electron chi connectivity index (χ2n) is 7.42. The van der Waals surface area contributed by atoms with Crippen LogP contribution < -0.4 is 15.5 Å². The molecule has 9 heteroatoms. The highest BCUT2D eigenvalue weighted by Crippen LogP contribution is 2.39. The third kappa shape index (κ3) is 4.40. The number of methoxy groups -OCH3 is 1. The van der Waals surface area contributed by atoms with Gasteiger partial charge in [0.05, 0.1) is 13.2 Å². The first-order valence-electron chi connectivity index (χ1n) is 10.3. The van der Waals surface area contributed by atoms with Crippen molar-refractivity contribution < 1.29 is 9.53 Å². The predicted octanol–water partition coefficient (Wildman–Crippen LogP) is 5.00. The number of benzene rings is 3. The molecule has 0 aliphatic carbocycles. The van der Waals surface area contributed by atoms with Gasteiger partial charge < -0.3 is 15.5 Å². The topological polar surface area (TPSA) is 81.1 Å². The molecule has 1 aliphatic rings. The Morgan fingerprint density at radius 1 is 1.03 bits per heavy atom. The number of anilines is 1. The molecule has 0 unspecified atom stereocenters. The summed E-state index contributed by atoms with van der Waals surface area (Å²) >= 11 is 7.35. The van der Waals surface area contributed by atoms with Crippen molar-refractivity contribution in [3.63, 3.8) is 0 Å². The van der Waals surface area contributed by atoms with Crippen molar-refractivity contribution in [1.29, 1.82) is 0 Å². The number of aromatic nitrogens is 3. The Bertz CT molecular complexity index is 1260. The number of hydrogen-bond donors (Lipinski definition) is 2. The summed E-state index contributed by atoms with van der Waals surface area (Å²) in [7, 11) is 1.63. The summed E-state index contributed by atoms with van der Waals surface area (Å²) in [5, 5.41) is 12.4. The maximum Gasteiger partial charge on any atom is 0.240 e. The van der Waals surface area contributed by atoms with Crippen molar-refractivity contribution in [3.8, 4) is 17.1 Å². The highest BCUT2D eigenvalue weighted by atomic mass is 35.5. The van der Waals surface area contributed by atoms with Gasteiger partial charge in [0.1, 0.15) is 11.0 Å². The Kier molecular flexibility index (Phi) is 5.93. The molecule has 5 rings (SSSR count). The smallest absolute Gasteiger partial charge is 0.240 e. The summed E-state index contributed by atoms with van der Waals surface area (Å²) in [6, 6.07) is 24.2. The molecular weight excluding hydrogens is 458 g/mol. The van der Waals surface area contributed by atoms with Gasteiger partial charge in [-0.15, -0.1) is 10.2 Å². The van der Waals surface area contributed by atoms with Crippen LogP contribution in [0.5, 0.6) is 5.75 Å². The van der Waals surface area contributed by atoms with Crippen molar-refractivity contribution in [3.05, 3.63) is 89.4 Å². The van der Waals surface area contributed by atoms with Crippen LogP contribution in [0, 0.1) is 0 Å². The molecular formula is C24H20ClN5O2S. The lowest BCUT2D eigenvalue weighted by atomic mass is 10.0. The monoisotopic (exact) mass is 477 g/mol. The quantitative estimate of drug-likeness (QED) is 0.421. The Morgan fingerprint density at radius 2 is 1.76 bits per heavy atom. The molecule has 0 saturated heterocycles. The van der Waals surface area contributed by atoms with Crippen molar-refractivity contribution >= 4 is 35.0 Å². The van der Waals surface area contributed by atoms with E-state index in [2.05, 4.69) is 20.9 Å². The van der Waals surface area contributed by atoms with Crippen LogP contribution in [-0.4, -0.2) is 33.1 Å². The summed E-state index contributed by atoms with van der Waals surface area (Å²) in [5.74, 6) is 1.29. The molecule has 0 radical (unpaired) electrons. The maximum absolute atomic E-state index is 13.4. The first-order chi connectivity index (χ1) is 16.1. The van der Waals surface area contributed by atoms with Crippen molar-refractivity contribution in [2.24, 2.45) is 0 Å². The van der Waals surface area contributed by atoms with Gasteiger partial charge in [-0.3, -0.25) is 4.79 Å². The first-order valence-corrected chi connectivity index (χ1v) is 11.5. The van der Waals surface area contributed by atoms with Crippen molar-refractivity contribution in [1.82, 2.24) is 14.9 Å². The minimum Gasteiger partial charge on any atom is -0.497 e. The molecule has 2 N–H and O–H groups in total.